The summed E-state index contributed by atoms with van der Waals surface area (Å²) in [7, 11) is 1.53. The fourth-order valence-corrected chi connectivity index (χ4v) is 2.06. The number of carboxylic acids is 1. The van der Waals surface area contributed by atoms with Crippen LogP contribution in [0.1, 0.15) is 15.9 Å². The Bertz CT molecular complexity index is 708. The highest BCUT2D eigenvalue weighted by atomic mass is 16.5. The molecule has 2 aromatic rings. The molecule has 0 fully saturated rings. The number of aliphatic hydroxyl groups excluding tert-OH is 1. The van der Waals surface area contributed by atoms with Crippen molar-refractivity contribution in [1.29, 1.82) is 0 Å². The van der Waals surface area contributed by atoms with Gasteiger partial charge in [0.05, 0.1) is 7.11 Å². The maximum absolute atomic E-state index is 12.1. The second kappa shape index (κ2) is 8.12. The number of aliphatic carboxylic acids is 1. The Labute approximate surface area is 139 Å². The number of hydrogen-bond acceptors (Lipinski definition) is 5. The summed E-state index contributed by atoms with van der Waals surface area (Å²) in [6.07, 6.45) is -1.43. The SMILES string of the molecule is COc1cccc(C(=O)COc2ccc(C[C@@H](O)C(=O)O)cc2)c1. The second-order valence-electron chi connectivity index (χ2n) is 5.15. The number of hydrogen-bond donors (Lipinski definition) is 2. The smallest absolute Gasteiger partial charge is 0.332 e. The van der Waals surface area contributed by atoms with Gasteiger partial charge in [0, 0.05) is 12.0 Å². The van der Waals surface area contributed by atoms with Gasteiger partial charge >= 0.3 is 5.97 Å². The van der Waals surface area contributed by atoms with Crippen LogP contribution in [-0.4, -0.2) is 41.8 Å². The van der Waals surface area contributed by atoms with Crippen LogP contribution in [0, 0.1) is 0 Å². The van der Waals surface area contributed by atoms with Gasteiger partial charge in [0.2, 0.25) is 0 Å². The zero-order chi connectivity index (χ0) is 17.5. The Kier molecular flexibility index (Phi) is 5.92. The average molecular weight is 330 g/mol. The maximum atomic E-state index is 12.1. The molecule has 6 heteroatoms. The first-order chi connectivity index (χ1) is 11.5. The molecule has 0 saturated heterocycles. The molecule has 0 aliphatic heterocycles. The molecule has 0 aliphatic carbocycles. The number of carbonyl (C=O) groups excluding carboxylic acids is 1. The minimum Gasteiger partial charge on any atom is -0.497 e. The van der Waals surface area contributed by atoms with Gasteiger partial charge in [-0.3, -0.25) is 4.79 Å². The van der Waals surface area contributed by atoms with E-state index in [-0.39, 0.29) is 18.8 Å². The van der Waals surface area contributed by atoms with Crippen molar-refractivity contribution in [2.24, 2.45) is 0 Å². The van der Waals surface area contributed by atoms with E-state index in [1.807, 2.05) is 0 Å². The summed E-state index contributed by atoms with van der Waals surface area (Å²) < 4.78 is 10.5. The number of ether oxygens (including phenoxy) is 2. The van der Waals surface area contributed by atoms with E-state index in [0.717, 1.165) is 0 Å². The Morgan fingerprint density at radius 2 is 1.79 bits per heavy atom. The summed E-state index contributed by atoms with van der Waals surface area (Å²) in [5.74, 6) is -0.361. The minimum absolute atomic E-state index is 0.0123. The fourth-order valence-electron chi connectivity index (χ4n) is 2.06. The number of benzene rings is 2. The molecule has 2 aromatic carbocycles. The molecule has 2 rings (SSSR count). The van der Waals surface area contributed by atoms with Gasteiger partial charge in [0.1, 0.15) is 11.5 Å². The van der Waals surface area contributed by atoms with Gasteiger partial charge in [-0.1, -0.05) is 24.3 Å². The van der Waals surface area contributed by atoms with E-state index in [4.69, 9.17) is 14.6 Å². The van der Waals surface area contributed by atoms with Crippen LogP contribution in [0.25, 0.3) is 0 Å². The standard InChI is InChI=1S/C18H18O6/c1-23-15-4-2-3-13(10-15)17(20)11-24-14-7-5-12(6-8-14)9-16(19)18(21)22/h2-8,10,16,19H,9,11H2,1H3,(H,21,22)/t16-/m1/s1. The lowest BCUT2D eigenvalue weighted by Gasteiger charge is -2.09. The molecule has 0 bridgehead atoms. The number of methoxy groups -OCH3 is 1. The van der Waals surface area contributed by atoms with Crippen LogP contribution in [0.5, 0.6) is 11.5 Å². The first-order valence-corrected chi connectivity index (χ1v) is 7.29. The molecule has 24 heavy (non-hydrogen) atoms. The van der Waals surface area contributed by atoms with Crippen LogP contribution in [0.3, 0.4) is 0 Å². The number of carboxylic acid groups (broad SMARTS) is 1. The van der Waals surface area contributed by atoms with Crippen molar-refractivity contribution < 1.29 is 29.3 Å². The summed E-state index contributed by atoms with van der Waals surface area (Å²) in [5, 5.41) is 18.0. The molecule has 0 heterocycles. The maximum Gasteiger partial charge on any atom is 0.332 e. The third kappa shape index (κ3) is 4.82. The number of Topliss-reactive ketones (excluding diaryl/α,β-unsaturated/α-hetero) is 1. The molecule has 0 amide bonds. The van der Waals surface area contributed by atoms with Crippen molar-refractivity contribution >= 4 is 11.8 Å². The average Bonchev–Trinajstić information content (AvgIpc) is 2.60. The molecule has 0 saturated carbocycles. The molecule has 0 spiro atoms. The summed E-state index contributed by atoms with van der Waals surface area (Å²) in [6, 6.07) is 13.4. The highest BCUT2D eigenvalue weighted by Crippen LogP contribution is 2.16. The predicted molar refractivity (Wildman–Crippen MR) is 86.6 cm³/mol. The zero-order valence-electron chi connectivity index (χ0n) is 13.1. The number of aliphatic hydroxyl groups is 1. The molecule has 0 aliphatic rings. The Hall–Kier alpha value is -2.86. The van der Waals surface area contributed by atoms with E-state index in [2.05, 4.69) is 0 Å². The Morgan fingerprint density at radius 1 is 1.08 bits per heavy atom. The second-order valence-corrected chi connectivity index (χ2v) is 5.15. The van der Waals surface area contributed by atoms with Crippen molar-refractivity contribution in [3.8, 4) is 11.5 Å². The highest BCUT2D eigenvalue weighted by molar-refractivity contribution is 5.97. The van der Waals surface area contributed by atoms with Gasteiger partial charge in [0.25, 0.3) is 0 Å². The van der Waals surface area contributed by atoms with Gasteiger partial charge in [-0.15, -0.1) is 0 Å². The Morgan fingerprint density at radius 3 is 2.42 bits per heavy atom. The first-order valence-electron chi connectivity index (χ1n) is 7.29. The van der Waals surface area contributed by atoms with Crippen LogP contribution >= 0.6 is 0 Å². The number of carbonyl (C=O) groups is 2. The van der Waals surface area contributed by atoms with E-state index < -0.39 is 12.1 Å². The molecule has 0 unspecified atom stereocenters. The van der Waals surface area contributed by atoms with E-state index >= 15 is 0 Å². The largest absolute Gasteiger partial charge is 0.497 e. The third-order valence-corrected chi connectivity index (χ3v) is 3.40. The highest BCUT2D eigenvalue weighted by Gasteiger charge is 2.13. The van der Waals surface area contributed by atoms with E-state index in [9.17, 15) is 14.7 Å². The molecule has 126 valence electrons. The molecule has 6 nitrogen and oxygen atoms in total. The van der Waals surface area contributed by atoms with Gasteiger partial charge in [-0.2, -0.15) is 0 Å². The molecule has 1 atom stereocenters. The number of ketones is 1. The van der Waals surface area contributed by atoms with E-state index in [1.165, 1.54) is 7.11 Å². The van der Waals surface area contributed by atoms with Crippen LogP contribution in [-0.2, 0) is 11.2 Å². The molecular formula is C18H18O6. The Balaban J connectivity index is 1.92. The fraction of sp³-hybridized carbons (Fsp3) is 0.222. The van der Waals surface area contributed by atoms with E-state index in [1.54, 1.807) is 48.5 Å². The monoisotopic (exact) mass is 330 g/mol. The summed E-state index contributed by atoms with van der Waals surface area (Å²) in [4.78, 5) is 22.7. The third-order valence-electron chi connectivity index (χ3n) is 3.40. The summed E-state index contributed by atoms with van der Waals surface area (Å²) >= 11 is 0. The topological polar surface area (TPSA) is 93.1 Å². The molecule has 0 radical (unpaired) electrons. The van der Waals surface area contributed by atoms with Crippen molar-refractivity contribution in [1.82, 2.24) is 0 Å². The minimum atomic E-state index is -1.44. The van der Waals surface area contributed by atoms with Gasteiger partial charge < -0.3 is 19.7 Å². The van der Waals surface area contributed by atoms with E-state index in [0.29, 0.717) is 22.6 Å². The predicted octanol–water partition coefficient (Wildman–Crippen LogP) is 1.94. The van der Waals surface area contributed by atoms with Crippen molar-refractivity contribution in [2.75, 3.05) is 13.7 Å². The van der Waals surface area contributed by atoms with Gasteiger partial charge in [-0.05, 0) is 29.8 Å². The molecule has 0 aromatic heterocycles. The summed E-state index contributed by atoms with van der Waals surface area (Å²) in [6.45, 7) is -0.121. The first kappa shape index (κ1) is 17.5. The quantitative estimate of drug-likeness (QED) is 0.719. The van der Waals surface area contributed by atoms with Crippen molar-refractivity contribution in [2.45, 2.75) is 12.5 Å². The zero-order valence-corrected chi connectivity index (χ0v) is 13.1. The van der Waals surface area contributed by atoms with Crippen LogP contribution < -0.4 is 9.47 Å². The van der Waals surface area contributed by atoms with Crippen LogP contribution in [0.4, 0.5) is 0 Å². The molecular weight excluding hydrogens is 312 g/mol. The van der Waals surface area contributed by atoms with Crippen LogP contribution in [0.15, 0.2) is 48.5 Å². The number of rotatable bonds is 8. The lowest BCUT2D eigenvalue weighted by Crippen LogP contribution is -2.21. The lowest BCUT2D eigenvalue weighted by molar-refractivity contribution is -0.146. The van der Waals surface area contributed by atoms with Crippen molar-refractivity contribution in [3.05, 3.63) is 59.7 Å². The lowest BCUT2D eigenvalue weighted by atomic mass is 10.1. The van der Waals surface area contributed by atoms with Crippen molar-refractivity contribution in [3.63, 3.8) is 0 Å². The normalized spacial score (nSPS) is 11.6. The molecule has 2 N–H and O–H groups in total. The van der Waals surface area contributed by atoms with Crippen LogP contribution in [0.2, 0.25) is 0 Å². The summed E-state index contributed by atoms with van der Waals surface area (Å²) in [5.41, 5.74) is 1.16. The van der Waals surface area contributed by atoms with Gasteiger partial charge in [0.15, 0.2) is 18.5 Å². The van der Waals surface area contributed by atoms with Gasteiger partial charge in [-0.25, -0.2) is 4.79 Å².